The fourth-order valence-electron chi connectivity index (χ4n) is 2.48. The van der Waals surface area contributed by atoms with E-state index in [1.807, 2.05) is 29.2 Å². The maximum atomic E-state index is 12.7. The minimum atomic E-state index is 0.0247. The van der Waals surface area contributed by atoms with Crippen molar-refractivity contribution in [2.24, 2.45) is 0 Å². The van der Waals surface area contributed by atoms with Gasteiger partial charge in [0, 0.05) is 18.3 Å². The molecule has 0 spiro atoms. The summed E-state index contributed by atoms with van der Waals surface area (Å²) in [5, 5.41) is 8.49. The third-order valence-electron chi connectivity index (χ3n) is 3.45. The molecule has 2 heterocycles. The van der Waals surface area contributed by atoms with Gasteiger partial charge in [-0.05, 0) is 25.0 Å². The van der Waals surface area contributed by atoms with Crippen LogP contribution in [0.1, 0.15) is 23.2 Å². The summed E-state index contributed by atoms with van der Waals surface area (Å²) in [5.74, 6) is 0.0247. The van der Waals surface area contributed by atoms with Gasteiger partial charge in [0.05, 0.1) is 23.6 Å². The molecule has 1 aliphatic heterocycles. The lowest BCUT2D eigenvalue weighted by atomic mass is 10.1. The molecule has 1 aromatic heterocycles. The van der Waals surface area contributed by atoms with Crippen LogP contribution in [-0.2, 0) is 0 Å². The average Bonchev–Trinajstić information content (AvgIpc) is 3.00. The van der Waals surface area contributed by atoms with Crippen molar-refractivity contribution in [3.05, 3.63) is 42.2 Å². The van der Waals surface area contributed by atoms with Gasteiger partial charge in [0.2, 0.25) is 0 Å². The first-order valence-electron chi connectivity index (χ1n) is 6.69. The van der Waals surface area contributed by atoms with Crippen LogP contribution in [0.25, 0.3) is 5.69 Å². The van der Waals surface area contributed by atoms with E-state index in [0.717, 1.165) is 19.4 Å². The Kier molecular flexibility index (Phi) is 3.73. The zero-order valence-corrected chi connectivity index (χ0v) is 11.9. The number of hydrogen-bond donors (Lipinski definition) is 1. The topological polar surface area (TPSA) is 51.0 Å². The molecule has 1 unspecified atom stereocenters. The Morgan fingerprint density at radius 1 is 1.25 bits per heavy atom. The van der Waals surface area contributed by atoms with Crippen molar-refractivity contribution < 1.29 is 4.79 Å². The summed E-state index contributed by atoms with van der Waals surface area (Å²) in [4.78, 5) is 16.0. The molecule has 1 aromatic carbocycles. The number of carbonyl (C=O) groups is 1. The van der Waals surface area contributed by atoms with Crippen molar-refractivity contribution >= 4 is 18.5 Å². The molecule has 1 amide bonds. The molecule has 0 bridgehead atoms. The number of nitrogens with zero attached hydrogens (tertiary/aromatic N) is 4. The Bertz CT molecular complexity index is 599. The Hall–Kier alpha value is -1.82. The number of carbonyl (C=O) groups excluding carboxylic acids is 1. The Labute approximate surface area is 123 Å². The zero-order valence-electron chi connectivity index (χ0n) is 11.0. The summed E-state index contributed by atoms with van der Waals surface area (Å²) < 4.78 is 0. The van der Waals surface area contributed by atoms with Crippen molar-refractivity contribution in [2.45, 2.75) is 18.1 Å². The molecule has 2 aromatic rings. The van der Waals surface area contributed by atoms with Crippen LogP contribution in [0.2, 0.25) is 0 Å². The second-order valence-electron chi connectivity index (χ2n) is 4.88. The minimum absolute atomic E-state index is 0.0247. The monoisotopic (exact) mass is 288 g/mol. The summed E-state index contributed by atoms with van der Waals surface area (Å²) in [6, 6.07) is 7.42. The Morgan fingerprint density at radius 3 is 2.75 bits per heavy atom. The van der Waals surface area contributed by atoms with Gasteiger partial charge in [-0.2, -0.15) is 27.6 Å². The molecule has 1 saturated heterocycles. The summed E-state index contributed by atoms with van der Waals surface area (Å²) in [7, 11) is 0. The van der Waals surface area contributed by atoms with Crippen molar-refractivity contribution in [1.82, 2.24) is 19.9 Å². The van der Waals surface area contributed by atoms with Crippen LogP contribution < -0.4 is 0 Å². The van der Waals surface area contributed by atoms with Crippen molar-refractivity contribution in [1.29, 1.82) is 0 Å². The first-order chi connectivity index (χ1) is 9.75. The average molecular weight is 288 g/mol. The molecule has 0 radical (unpaired) electrons. The lowest BCUT2D eigenvalue weighted by molar-refractivity contribution is 0.0728. The fourth-order valence-corrected chi connectivity index (χ4v) is 2.86. The smallest absolute Gasteiger partial charge is 0.256 e. The second-order valence-corrected chi connectivity index (χ2v) is 5.61. The molecule has 0 N–H and O–H groups in total. The molecule has 0 aliphatic carbocycles. The summed E-state index contributed by atoms with van der Waals surface area (Å²) >= 11 is 4.49. The number of benzene rings is 1. The second kappa shape index (κ2) is 5.66. The first kappa shape index (κ1) is 13.2. The van der Waals surface area contributed by atoms with E-state index in [0.29, 0.717) is 17.8 Å². The van der Waals surface area contributed by atoms with E-state index >= 15 is 0 Å². The van der Waals surface area contributed by atoms with Gasteiger partial charge in [0.25, 0.3) is 5.91 Å². The van der Waals surface area contributed by atoms with E-state index in [2.05, 4.69) is 22.8 Å². The molecule has 5 nitrogen and oxygen atoms in total. The van der Waals surface area contributed by atoms with E-state index in [-0.39, 0.29) is 11.2 Å². The minimum Gasteiger partial charge on any atom is -0.337 e. The number of likely N-dealkylation sites (tertiary alicyclic amines) is 1. The van der Waals surface area contributed by atoms with Gasteiger partial charge in [-0.15, -0.1) is 0 Å². The van der Waals surface area contributed by atoms with E-state index < -0.39 is 0 Å². The maximum Gasteiger partial charge on any atom is 0.256 e. The molecule has 1 aliphatic rings. The van der Waals surface area contributed by atoms with Gasteiger partial charge in [-0.3, -0.25) is 4.79 Å². The van der Waals surface area contributed by atoms with E-state index in [1.54, 1.807) is 12.4 Å². The van der Waals surface area contributed by atoms with Gasteiger partial charge in [0.15, 0.2) is 0 Å². The van der Waals surface area contributed by atoms with Crippen LogP contribution in [0.15, 0.2) is 36.7 Å². The molecular formula is C14H16N4OS. The van der Waals surface area contributed by atoms with Gasteiger partial charge in [-0.1, -0.05) is 12.1 Å². The number of aromatic nitrogens is 3. The van der Waals surface area contributed by atoms with Crippen LogP contribution in [0.3, 0.4) is 0 Å². The predicted octanol–water partition coefficient (Wildman–Crippen LogP) is 1.80. The van der Waals surface area contributed by atoms with Crippen LogP contribution in [-0.4, -0.2) is 44.1 Å². The van der Waals surface area contributed by atoms with Crippen molar-refractivity contribution in [3.63, 3.8) is 0 Å². The highest BCUT2D eigenvalue weighted by atomic mass is 32.1. The number of para-hydroxylation sites is 1. The highest BCUT2D eigenvalue weighted by Gasteiger charge is 2.24. The zero-order chi connectivity index (χ0) is 13.9. The molecule has 6 heteroatoms. The summed E-state index contributed by atoms with van der Waals surface area (Å²) in [5.41, 5.74) is 1.34. The van der Waals surface area contributed by atoms with Crippen LogP contribution in [0, 0.1) is 0 Å². The number of thiol groups is 1. The molecule has 104 valence electrons. The molecule has 0 saturated carbocycles. The Morgan fingerprint density at radius 2 is 2.00 bits per heavy atom. The van der Waals surface area contributed by atoms with Gasteiger partial charge < -0.3 is 4.90 Å². The van der Waals surface area contributed by atoms with E-state index in [1.165, 1.54) is 4.80 Å². The fraction of sp³-hybridized carbons (Fsp3) is 0.357. The number of hydrogen-bond acceptors (Lipinski definition) is 4. The highest BCUT2D eigenvalue weighted by Crippen LogP contribution is 2.20. The van der Waals surface area contributed by atoms with Gasteiger partial charge in [0.1, 0.15) is 0 Å². The molecule has 1 atom stereocenters. The quantitative estimate of drug-likeness (QED) is 0.857. The Balaban J connectivity index is 1.92. The molecule has 3 rings (SSSR count). The normalized spacial score (nSPS) is 19.1. The SMILES string of the molecule is O=C(c1ccccc1-n1nccn1)N1CCCC(S)C1. The standard InChI is InChI=1S/C14H16N4OS/c19-14(17-9-3-4-11(20)10-17)12-5-1-2-6-13(12)18-15-7-8-16-18/h1-2,5-8,11,20H,3-4,9-10H2. The maximum absolute atomic E-state index is 12.7. The van der Waals surface area contributed by atoms with Crippen LogP contribution >= 0.6 is 12.6 Å². The third-order valence-corrected chi connectivity index (χ3v) is 3.87. The van der Waals surface area contributed by atoms with Crippen molar-refractivity contribution in [3.8, 4) is 5.69 Å². The largest absolute Gasteiger partial charge is 0.337 e. The number of piperidine rings is 1. The number of rotatable bonds is 2. The molecule has 20 heavy (non-hydrogen) atoms. The van der Waals surface area contributed by atoms with Gasteiger partial charge in [-0.25, -0.2) is 0 Å². The third kappa shape index (κ3) is 2.56. The lowest BCUT2D eigenvalue weighted by Crippen LogP contribution is -2.40. The molecular weight excluding hydrogens is 272 g/mol. The highest BCUT2D eigenvalue weighted by molar-refractivity contribution is 7.81. The van der Waals surface area contributed by atoms with Gasteiger partial charge >= 0.3 is 0 Å². The first-order valence-corrected chi connectivity index (χ1v) is 7.20. The molecule has 1 fully saturated rings. The lowest BCUT2D eigenvalue weighted by Gasteiger charge is -2.30. The summed E-state index contributed by atoms with van der Waals surface area (Å²) in [6.45, 7) is 1.49. The van der Waals surface area contributed by atoms with Crippen molar-refractivity contribution in [2.75, 3.05) is 13.1 Å². The predicted molar refractivity (Wildman–Crippen MR) is 79.3 cm³/mol. The number of amides is 1. The van der Waals surface area contributed by atoms with Crippen LogP contribution in [0.4, 0.5) is 0 Å². The van der Waals surface area contributed by atoms with Crippen LogP contribution in [0.5, 0.6) is 0 Å². The summed E-state index contributed by atoms with van der Waals surface area (Å²) in [6.07, 6.45) is 5.27. The van der Waals surface area contributed by atoms with E-state index in [4.69, 9.17) is 0 Å². The van der Waals surface area contributed by atoms with E-state index in [9.17, 15) is 4.79 Å².